The van der Waals surface area contributed by atoms with Crippen molar-refractivity contribution in [1.29, 1.82) is 0 Å². The van der Waals surface area contributed by atoms with Gasteiger partial charge in [0, 0.05) is 29.3 Å². The Hall–Kier alpha value is -3.28. The highest BCUT2D eigenvalue weighted by Gasteiger charge is 2.66. The van der Waals surface area contributed by atoms with Crippen molar-refractivity contribution >= 4 is 17.5 Å². The minimum absolute atomic E-state index is 0.0297. The number of rotatable bonds is 6. The molecule has 2 heterocycles. The number of hydrogen-bond donors (Lipinski definition) is 2. The van der Waals surface area contributed by atoms with E-state index in [1.807, 2.05) is 0 Å². The molecule has 1 fully saturated rings. The number of ether oxygens (including phenoxy) is 2. The van der Waals surface area contributed by atoms with Crippen LogP contribution in [0.4, 0.5) is 27.6 Å². The zero-order valence-electron chi connectivity index (χ0n) is 18.4. The van der Waals surface area contributed by atoms with Crippen molar-refractivity contribution in [2.24, 2.45) is 11.7 Å². The zero-order chi connectivity index (χ0) is 25.4. The number of nitrogens with two attached hydrogens (primary N) is 1. The molecule has 7 nitrogen and oxygen atoms in total. The number of methoxy groups -OCH3 is 1. The molecule has 34 heavy (non-hydrogen) atoms. The number of carbonyl (C=O) groups excluding carboxylic acids is 2. The van der Waals surface area contributed by atoms with Gasteiger partial charge in [0.25, 0.3) is 11.8 Å². The van der Waals surface area contributed by atoms with E-state index in [1.165, 1.54) is 19.2 Å². The molecule has 12 heteroatoms. The summed E-state index contributed by atoms with van der Waals surface area (Å²) in [5, 5.41) is 2.39. The number of benzene rings is 1. The topological polar surface area (TPSA) is 104 Å². The van der Waals surface area contributed by atoms with Crippen molar-refractivity contribution in [2.75, 3.05) is 12.4 Å². The summed E-state index contributed by atoms with van der Waals surface area (Å²) in [5.41, 5.74) is 2.09. The number of carbonyl (C=O) groups is 2. The normalized spacial score (nSPS) is 24.6. The van der Waals surface area contributed by atoms with Crippen LogP contribution in [0.5, 0.6) is 5.75 Å². The Morgan fingerprint density at radius 3 is 2.50 bits per heavy atom. The Balaban J connectivity index is 2.11. The van der Waals surface area contributed by atoms with E-state index in [2.05, 4.69) is 10.3 Å². The Kier molecular flexibility index (Phi) is 6.83. The number of amides is 2. The third-order valence-electron chi connectivity index (χ3n) is 6.02. The van der Waals surface area contributed by atoms with Gasteiger partial charge >= 0.3 is 6.18 Å². The first kappa shape index (κ1) is 25.3. The lowest BCUT2D eigenvalue weighted by atomic mass is 9.74. The van der Waals surface area contributed by atoms with Crippen molar-refractivity contribution in [2.45, 2.75) is 44.1 Å². The molecule has 0 spiro atoms. The molecule has 1 aliphatic rings. The van der Waals surface area contributed by atoms with Crippen molar-refractivity contribution in [3.05, 3.63) is 53.4 Å². The lowest BCUT2D eigenvalue weighted by Crippen LogP contribution is -2.48. The number of pyridine rings is 1. The average Bonchev–Trinajstić information content (AvgIpc) is 3.09. The first-order valence-corrected chi connectivity index (χ1v) is 10.2. The second-order valence-electron chi connectivity index (χ2n) is 7.95. The predicted octanol–water partition coefficient (Wildman–Crippen LogP) is 3.94. The maximum atomic E-state index is 14.5. The van der Waals surface area contributed by atoms with Gasteiger partial charge in [0.05, 0.1) is 7.11 Å². The van der Waals surface area contributed by atoms with E-state index >= 15 is 0 Å². The number of anilines is 1. The van der Waals surface area contributed by atoms with Crippen LogP contribution in [0, 0.1) is 17.6 Å². The highest BCUT2D eigenvalue weighted by Crippen LogP contribution is 2.56. The van der Waals surface area contributed by atoms with E-state index in [0.717, 1.165) is 32.2 Å². The van der Waals surface area contributed by atoms with Crippen LogP contribution >= 0.6 is 0 Å². The Bertz CT molecular complexity index is 1110. The van der Waals surface area contributed by atoms with Crippen LogP contribution in [0.25, 0.3) is 0 Å². The third-order valence-corrected chi connectivity index (χ3v) is 6.02. The molecule has 2 amide bonds. The first-order valence-electron chi connectivity index (χ1n) is 10.2. The van der Waals surface area contributed by atoms with Gasteiger partial charge in [-0.2, -0.15) is 17.6 Å². The first-order chi connectivity index (χ1) is 15.9. The van der Waals surface area contributed by atoms with E-state index in [-0.39, 0.29) is 23.4 Å². The molecule has 184 valence electrons. The van der Waals surface area contributed by atoms with Crippen molar-refractivity contribution < 1.29 is 41.0 Å². The highest BCUT2D eigenvalue weighted by atomic mass is 19.4. The van der Waals surface area contributed by atoms with E-state index < -0.39 is 58.9 Å². The summed E-state index contributed by atoms with van der Waals surface area (Å²) in [5.74, 6) is -7.84. The molecule has 0 bridgehead atoms. The van der Waals surface area contributed by atoms with E-state index in [0.29, 0.717) is 0 Å². The van der Waals surface area contributed by atoms with Crippen LogP contribution in [0.2, 0.25) is 0 Å². The van der Waals surface area contributed by atoms with Crippen molar-refractivity contribution in [3.8, 4) is 5.75 Å². The molecule has 0 unspecified atom stereocenters. The summed E-state index contributed by atoms with van der Waals surface area (Å²) in [6.07, 6.45) is -5.58. The molecule has 0 radical (unpaired) electrons. The maximum absolute atomic E-state index is 14.5. The molecule has 1 saturated heterocycles. The van der Waals surface area contributed by atoms with Crippen LogP contribution in [0.3, 0.4) is 0 Å². The largest absolute Gasteiger partial charge is 0.493 e. The monoisotopic (exact) mass is 487 g/mol. The van der Waals surface area contributed by atoms with Gasteiger partial charge in [-0.05, 0) is 31.5 Å². The molecule has 4 atom stereocenters. The van der Waals surface area contributed by atoms with Crippen LogP contribution in [0.1, 0.15) is 42.2 Å². The lowest BCUT2D eigenvalue weighted by molar-refractivity contribution is -0.274. The minimum Gasteiger partial charge on any atom is -0.493 e. The van der Waals surface area contributed by atoms with Gasteiger partial charge in [-0.15, -0.1) is 0 Å². The third kappa shape index (κ3) is 4.29. The molecular formula is C22H22F5N3O4. The Morgan fingerprint density at radius 1 is 1.26 bits per heavy atom. The number of primary amides is 1. The fourth-order valence-electron chi connectivity index (χ4n) is 4.37. The second kappa shape index (κ2) is 9.16. The average molecular weight is 487 g/mol. The lowest BCUT2D eigenvalue weighted by Gasteiger charge is -2.33. The van der Waals surface area contributed by atoms with Crippen LogP contribution in [-0.2, 0) is 9.53 Å². The maximum Gasteiger partial charge on any atom is 0.417 e. The van der Waals surface area contributed by atoms with Gasteiger partial charge in [0.1, 0.15) is 11.8 Å². The Morgan fingerprint density at radius 2 is 1.94 bits per heavy atom. The number of aromatic nitrogens is 1. The van der Waals surface area contributed by atoms with Gasteiger partial charge in [0.15, 0.2) is 17.2 Å². The summed E-state index contributed by atoms with van der Waals surface area (Å²) in [6.45, 7) is 2.28. The van der Waals surface area contributed by atoms with Crippen molar-refractivity contribution in [3.63, 3.8) is 0 Å². The standard InChI is InChI=1S/C22H22F5N3O4/c1-4-12-15(11-5-6-13(23)16(24)17(11)33-3)18(34-21(12,2)22(25,26)27)20(32)30-10-7-8-29-14(9-10)19(28)31/h5-9,12,15,18H,4H2,1-3H3,(H2,28,31)(H,29,30,32)/t12-,15-,18+,21-/m0/s1. The summed E-state index contributed by atoms with van der Waals surface area (Å²) >= 11 is 0. The number of nitrogens with one attached hydrogen (secondary N) is 1. The van der Waals surface area contributed by atoms with Gasteiger partial charge in [-0.3, -0.25) is 14.6 Å². The summed E-state index contributed by atoms with van der Waals surface area (Å²) in [6, 6.07) is 4.27. The number of halogens is 5. The molecule has 1 aliphatic heterocycles. The van der Waals surface area contributed by atoms with Gasteiger partial charge in [-0.1, -0.05) is 13.0 Å². The SMILES string of the molecule is CC[C@H]1[C@H](c2ccc(F)c(F)c2OC)[C@H](C(=O)Nc2ccnc(C(N)=O)c2)O[C@]1(C)C(F)(F)F. The number of hydrogen-bond acceptors (Lipinski definition) is 5. The van der Waals surface area contributed by atoms with Crippen LogP contribution in [-0.4, -0.2) is 41.8 Å². The quantitative estimate of drug-likeness (QED) is 0.601. The number of alkyl halides is 3. The minimum atomic E-state index is -4.89. The molecular weight excluding hydrogens is 465 g/mol. The molecule has 1 aromatic carbocycles. The number of nitrogens with zero attached hydrogens (tertiary/aromatic N) is 1. The predicted molar refractivity (Wildman–Crippen MR) is 110 cm³/mol. The van der Waals surface area contributed by atoms with Gasteiger partial charge < -0.3 is 20.5 Å². The van der Waals surface area contributed by atoms with Crippen LogP contribution < -0.4 is 15.8 Å². The Labute approximate surface area is 191 Å². The highest BCUT2D eigenvalue weighted by molar-refractivity contribution is 5.97. The van der Waals surface area contributed by atoms with Crippen LogP contribution in [0.15, 0.2) is 30.5 Å². The summed E-state index contributed by atoms with van der Waals surface area (Å²) < 4.78 is 80.9. The molecule has 3 rings (SSSR count). The smallest absolute Gasteiger partial charge is 0.417 e. The fourth-order valence-corrected chi connectivity index (χ4v) is 4.37. The van der Waals surface area contributed by atoms with E-state index in [9.17, 15) is 31.5 Å². The fraction of sp³-hybridized carbons (Fsp3) is 0.409. The second-order valence-corrected chi connectivity index (χ2v) is 7.95. The molecule has 1 aromatic heterocycles. The molecule has 2 aromatic rings. The molecule has 0 saturated carbocycles. The van der Waals surface area contributed by atoms with E-state index in [1.54, 1.807) is 0 Å². The molecule has 3 N–H and O–H groups in total. The van der Waals surface area contributed by atoms with E-state index in [4.69, 9.17) is 15.2 Å². The van der Waals surface area contributed by atoms with Gasteiger partial charge in [0.2, 0.25) is 5.82 Å². The van der Waals surface area contributed by atoms with Crippen molar-refractivity contribution in [1.82, 2.24) is 4.98 Å². The summed E-state index contributed by atoms with van der Waals surface area (Å²) in [7, 11) is 1.04. The zero-order valence-corrected chi connectivity index (χ0v) is 18.4. The van der Waals surface area contributed by atoms with Gasteiger partial charge in [-0.25, -0.2) is 4.39 Å². The summed E-state index contributed by atoms with van der Waals surface area (Å²) in [4.78, 5) is 28.2. The molecule has 0 aliphatic carbocycles.